The molecule has 1 aromatic heterocycles. The van der Waals surface area contributed by atoms with Gasteiger partial charge in [0.05, 0.1) is 25.3 Å². The van der Waals surface area contributed by atoms with Gasteiger partial charge in [0.15, 0.2) is 0 Å². The molecule has 0 saturated carbocycles. The first-order valence-electron chi connectivity index (χ1n) is 10.5. The van der Waals surface area contributed by atoms with Gasteiger partial charge in [0, 0.05) is 23.1 Å². The minimum atomic E-state index is -5.74. The Bertz CT molecular complexity index is 1480. The first kappa shape index (κ1) is 30.1. The van der Waals surface area contributed by atoms with Crippen LogP contribution in [0.15, 0.2) is 51.2 Å². The quantitative estimate of drug-likeness (QED) is 0.124. The Balaban J connectivity index is 1.81. The lowest BCUT2D eigenvalue weighted by atomic mass is 10.1. The molecule has 2 unspecified atom stereocenters. The summed E-state index contributed by atoms with van der Waals surface area (Å²) < 4.78 is 53.9. The third-order valence-corrected chi connectivity index (χ3v) is 8.89. The van der Waals surface area contributed by atoms with Crippen LogP contribution in [0.1, 0.15) is 23.8 Å². The summed E-state index contributed by atoms with van der Waals surface area (Å²) in [5.74, 6) is 0. The summed E-state index contributed by atoms with van der Waals surface area (Å²) in [5.41, 5.74) is 8.48. The van der Waals surface area contributed by atoms with Crippen molar-refractivity contribution in [1.29, 1.82) is 0 Å². The summed E-state index contributed by atoms with van der Waals surface area (Å²) in [6.07, 6.45) is -1.29. The second kappa shape index (κ2) is 11.8. The second-order valence-electron chi connectivity index (χ2n) is 7.90. The van der Waals surface area contributed by atoms with E-state index >= 15 is 0 Å². The molecular weight excluding hydrogens is 575 g/mol. The second-order valence-corrected chi connectivity index (χ2v) is 12.3. The predicted molar refractivity (Wildman–Crippen MR) is 127 cm³/mol. The smallest absolute Gasteiger partial charge is 0.352 e. The highest BCUT2D eigenvalue weighted by molar-refractivity contribution is 7.66. The van der Waals surface area contributed by atoms with Crippen molar-refractivity contribution < 1.29 is 51.2 Å². The van der Waals surface area contributed by atoms with Gasteiger partial charge in [-0.1, -0.05) is 35.4 Å². The van der Waals surface area contributed by atoms with Gasteiger partial charge in [-0.25, -0.2) is 18.5 Å². The number of hydrogen-bond donors (Lipinski definition) is 4. The molecule has 1 aliphatic rings. The van der Waals surface area contributed by atoms with Crippen molar-refractivity contribution in [3.05, 3.63) is 78.9 Å². The molecular formula is C17H22N5O13P3. The van der Waals surface area contributed by atoms with E-state index in [0.717, 1.165) is 9.13 Å². The minimum Gasteiger partial charge on any atom is -0.352 e. The number of rotatable bonds is 11. The molecule has 208 valence electrons. The highest BCUT2D eigenvalue weighted by Crippen LogP contribution is 2.66. The van der Waals surface area contributed by atoms with E-state index in [-0.39, 0.29) is 18.5 Å². The van der Waals surface area contributed by atoms with E-state index in [0.29, 0.717) is 5.56 Å². The maximum absolute atomic E-state index is 13.2. The number of hydrogen-bond acceptors (Lipinski definition) is 10. The zero-order valence-corrected chi connectivity index (χ0v) is 22.0. The van der Waals surface area contributed by atoms with Crippen molar-refractivity contribution in [3.8, 4) is 0 Å². The summed E-state index contributed by atoms with van der Waals surface area (Å²) in [4.78, 5) is 64.6. The van der Waals surface area contributed by atoms with Gasteiger partial charge in [0.2, 0.25) is 0 Å². The number of phosphoric acid groups is 3. The lowest BCUT2D eigenvalue weighted by Gasteiger charge is -2.20. The number of benzene rings is 1. The SMILES string of the molecule is Cc1cn([C@H]2C[C@H](N=[N+]=[N-])[C@@H](COP(=O)(O)OP(=O)(O)OP(=O)(O)O)O2)c(=O)n(Cc2ccccc2)c1=O. The minimum absolute atomic E-state index is 0.0395. The molecule has 1 saturated heterocycles. The fourth-order valence-corrected chi connectivity index (χ4v) is 6.59. The molecule has 4 N–H and O–H groups in total. The van der Waals surface area contributed by atoms with E-state index in [1.165, 1.54) is 13.1 Å². The number of azide groups is 1. The van der Waals surface area contributed by atoms with Crippen LogP contribution in [-0.4, -0.2) is 47.5 Å². The van der Waals surface area contributed by atoms with Crippen LogP contribution in [0.25, 0.3) is 10.4 Å². The first-order chi connectivity index (χ1) is 17.6. The molecule has 0 spiro atoms. The normalized spacial score (nSPS) is 22.8. The molecule has 38 heavy (non-hydrogen) atoms. The lowest BCUT2D eigenvalue weighted by Crippen LogP contribution is -2.42. The summed E-state index contributed by atoms with van der Waals surface area (Å²) in [6.45, 7) is 0.551. The van der Waals surface area contributed by atoms with E-state index < -0.39 is 59.7 Å². The van der Waals surface area contributed by atoms with Gasteiger partial charge in [-0.2, -0.15) is 8.62 Å². The molecule has 21 heteroatoms. The Morgan fingerprint density at radius 2 is 1.76 bits per heavy atom. The lowest BCUT2D eigenvalue weighted by molar-refractivity contribution is -0.0273. The Morgan fingerprint density at radius 3 is 2.37 bits per heavy atom. The zero-order valence-electron chi connectivity index (χ0n) is 19.4. The molecule has 5 atom stereocenters. The number of aryl methyl sites for hydroxylation is 1. The van der Waals surface area contributed by atoms with Crippen molar-refractivity contribution >= 4 is 23.5 Å². The van der Waals surface area contributed by atoms with Gasteiger partial charge in [-0.15, -0.1) is 0 Å². The van der Waals surface area contributed by atoms with E-state index in [4.69, 9.17) is 20.1 Å². The molecule has 3 rings (SSSR count). The summed E-state index contributed by atoms with van der Waals surface area (Å²) in [5, 5.41) is 3.51. The number of nitrogens with zero attached hydrogens (tertiary/aromatic N) is 5. The molecule has 0 aliphatic carbocycles. The van der Waals surface area contributed by atoms with Crippen molar-refractivity contribution in [3.63, 3.8) is 0 Å². The summed E-state index contributed by atoms with van der Waals surface area (Å²) >= 11 is 0. The standard InChI is InChI=1S/C17H22N5O13P3/c1-11-8-21(17(24)22(16(11)23)9-12-5-3-2-4-6-12)15-7-13(19-20-18)14(33-15)10-32-37(28,29)35-38(30,31)34-36(25,26)27/h2-6,8,13-15H,7,9-10H2,1H3,(H,28,29)(H,30,31)(H2,25,26,27)/t13-,14+,15+/m0/s1. The first-order valence-corrected chi connectivity index (χ1v) is 15.0. The number of aromatic nitrogens is 2. The highest BCUT2D eigenvalue weighted by atomic mass is 31.3. The van der Waals surface area contributed by atoms with Gasteiger partial charge in [-0.05, 0) is 18.0 Å². The average Bonchev–Trinajstić information content (AvgIpc) is 3.19. The van der Waals surface area contributed by atoms with Crippen LogP contribution >= 0.6 is 23.5 Å². The van der Waals surface area contributed by atoms with Crippen molar-refractivity contribution in [2.24, 2.45) is 5.11 Å². The van der Waals surface area contributed by atoms with Gasteiger partial charge in [0.25, 0.3) is 5.56 Å². The van der Waals surface area contributed by atoms with Crippen LogP contribution in [0, 0.1) is 6.92 Å². The number of ether oxygens (including phenoxy) is 1. The van der Waals surface area contributed by atoms with Crippen LogP contribution in [0.3, 0.4) is 0 Å². The Morgan fingerprint density at radius 1 is 1.11 bits per heavy atom. The Kier molecular flexibility index (Phi) is 9.32. The largest absolute Gasteiger partial charge is 0.490 e. The molecule has 18 nitrogen and oxygen atoms in total. The third-order valence-electron chi connectivity index (χ3n) is 5.08. The fraction of sp³-hybridized carbons (Fsp3) is 0.412. The maximum Gasteiger partial charge on any atom is 0.490 e. The van der Waals surface area contributed by atoms with Crippen LogP contribution in [0.4, 0.5) is 0 Å². The molecule has 0 amide bonds. The van der Waals surface area contributed by atoms with Crippen molar-refractivity contribution in [2.75, 3.05) is 6.61 Å². The fourth-order valence-electron chi connectivity index (χ4n) is 3.56. The van der Waals surface area contributed by atoms with Gasteiger partial charge < -0.3 is 24.3 Å². The van der Waals surface area contributed by atoms with E-state index in [1.807, 2.05) is 0 Å². The monoisotopic (exact) mass is 597 g/mol. The zero-order chi connectivity index (χ0) is 28.3. The van der Waals surface area contributed by atoms with Gasteiger partial charge >= 0.3 is 29.2 Å². The highest BCUT2D eigenvalue weighted by Gasteiger charge is 2.43. The maximum atomic E-state index is 13.2. The van der Waals surface area contributed by atoms with Crippen LogP contribution in [0.5, 0.6) is 0 Å². The van der Waals surface area contributed by atoms with Gasteiger partial charge in [-0.3, -0.25) is 18.5 Å². The Labute approximate surface area is 213 Å². The predicted octanol–water partition coefficient (Wildman–Crippen LogP) is 1.68. The average molecular weight is 597 g/mol. The molecule has 1 aromatic carbocycles. The summed E-state index contributed by atoms with van der Waals surface area (Å²) in [7, 11) is -16.8. The molecule has 1 fully saturated rings. The third kappa shape index (κ3) is 8.04. The van der Waals surface area contributed by atoms with E-state index in [2.05, 4.69) is 23.2 Å². The topological polar surface area (TPSA) is 262 Å². The molecule has 2 aromatic rings. The van der Waals surface area contributed by atoms with Gasteiger partial charge in [0.1, 0.15) is 6.23 Å². The Hall–Kier alpha value is -2.42. The summed E-state index contributed by atoms with van der Waals surface area (Å²) in [6, 6.07) is 7.62. The van der Waals surface area contributed by atoms with E-state index in [9.17, 15) is 33.1 Å². The molecule has 0 bridgehead atoms. The van der Waals surface area contributed by atoms with Crippen molar-refractivity contribution in [1.82, 2.24) is 9.13 Å². The molecule has 1 aliphatic heterocycles. The van der Waals surface area contributed by atoms with E-state index in [1.54, 1.807) is 30.3 Å². The molecule has 0 radical (unpaired) electrons. The van der Waals surface area contributed by atoms with Crippen LogP contribution < -0.4 is 11.2 Å². The molecule has 2 heterocycles. The van der Waals surface area contributed by atoms with Crippen LogP contribution in [0.2, 0.25) is 0 Å². The number of phosphoric ester groups is 1. The van der Waals surface area contributed by atoms with Crippen molar-refractivity contribution in [2.45, 2.75) is 38.3 Å². The van der Waals surface area contributed by atoms with Crippen LogP contribution in [-0.2, 0) is 38.1 Å².